The van der Waals surface area contributed by atoms with E-state index in [4.69, 9.17) is 5.73 Å². The summed E-state index contributed by atoms with van der Waals surface area (Å²) in [5.41, 5.74) is 8.98. The maximum atomic E-state index is 6.07. The van der Waals surface area contributed by atoms with E-state index >= 15 is 0 Å². The van der Waals surface area contributed by atoms with Crippen molar-refractivity contribution < 1.29 is 0 Å². The van der Waals surface area contributed by atoms with Gasteiger partial charge in [0.1, 0.15) is 0 Å². The predicted octanol–water partition coefficient (Wildman–Crippen LogP) is 2.96. The molecule has 0 spiro atoms. The third kappa shape index (κ3) is 2.63. The summed E-state index contributed by atoms with van der Waals surface area (Å²) in [6.45, 7) is 7.85. The summed E-state index contributed by atoms with van der Waals surface area (Å²) in [5, 5.41) is 0. The Kier molecular flexibility index (Phi) is 3.43. The molecule has 1 fully saturated rings. The van der Waals surface area contributed by atoms with Gasteiger partial charge in [0.15, 0.2) is 0 Å². The number of benzene rings is 1. The summed E-state index contributed by atoms with van der Waals surface area (Å²) >= 11 is 0. The van der Waals surface area contributed by atoms with Crippen LogP contribution in [0.3, 0.4) is 0 Å². The molecule has 1 aliphatic heterocycles. The molecule has 2 N–H and O–H groups in total. The lowest BCUT2D eigenvalue weighted by Crippen LogP contribution is -2.53. The van der Waals surface area contributed by atoms with Crippen molar-refractivity contribution in [3.8, 4) is 0 Å². The van der Waals surface area contributed by atoms with E-state index in [1.165, 1.54) is 11.3 Å². The summed E-state index contributed by atoms with van der Waals surface area (Å²) in [5.74, 6) is 0. The van der Waals surface area contributed by atoms with Gasteiger partial charge in [-0.2, -0.15) is 0 Å². The van der Waals surface area contributed by atoms with E-state index in [0.717, 1.165) is 25.8 Å². The molecule has 0 amide bonds. The summed E-state index contributed by atoms with van der Waals surface area (Å²) < 4.78 is 0. The second-order valence-corrected chi connectivity index (χ2v) is 5.74. The lowest BCUT2D eigenvalue weighted by molar-refractivity contribution is 0.327. The van der Waals surface area contributed by atoms with Crippen molar-refractivity contribution in [2.24, 2.45) is 5.73 Å². The molecular weight excluding hydrogens is 208 g/mol. The van der Waals surface area contributed by atoms with Gasteiger partial charge in [-0.25, -0.2) is 0 Å². The predicted molar refractivity (Wildman–Crippen MR) is 74.5 cm³/mol. The zero-order valence-corrected chi connectivity index (χ0v) is 11.2. The van der Waals surface area contributed by atoms with Crippen LogP contribution in [0.15, 0.2) is 24.3 Å². The number of hydrogen-bond donors (Lipinski definition) is 1. The van der Waals surface area contributed by atoms with E-state index in [2.05, 4.69) is 49.9 Å². The Labute approximate surface area is 105 Å². The van der Waals surface area contributed by atoms with Crippen LogP contribution < -0.4 is 10.6 Å². The zero-order chi connectivity index (χ0) is 12.5. The Hall–Kier alpha value is -1.02. The topological polar surface area (TPSA) is 29.3 Å². The van der Waals surface area contributed by atoms with Crippen LogP contribution in [0.4, 0.5) is 5.69 Å². The molecule has 1 unspecified atom stereocenters. The van der Waals surface area contributed by atoms with Gasteiger partial charge >= 0.3 is 0 Å². The minimum atomic E-state index is 0.172. The number of nitrogens with two attached hydrogens (primary N) is 1. The van der Waals surface area contributed by atoms with E-state index in [1.807, 2.05) is 0 Å². The van der Waals surface area contributed by atoms with Crippen molar-refractivity contribution >= 4 is 5.69 Å². The van der Waals surface area contributed by atoms with Crippen molar-refractivity contribution in [2.45, 2.75) is 51.6 Å². The molecule has 2 nitrogen and oxygen atoms in total. The number of hydrogen-bond acceptors (Lipinski definition) is 2. The highest BCUT2D eigenvalue weighted by Crippen LogP contribution is 2.32. The van der Waals surface area contributed by atoms with Gasteiger partial charge in [0.25, 0.3) is 0 Å². The first-order valence-corrected chi connectivity index (χ1v) is 6.65. The van der Waals surface area contributed by atoms with E-state index in [1.54, 1.807) is 0 Å². The number of rotatable bonds is 2. The molecule has 0 bridgehead atoms. The fourth-order valence-electron chi connectivity index (χ4n) is 2.84. The third-order valence-corrected chi connectivity index (χ3v) is 3.87. The van der Waals surface area contributed by atoms with Crippen molar-refractivity contribution in [2.75, 3.05) is 11.4 Å². The van der Waals surface area contributed by atoms with Gasteiger partial charge in [0.05, 0.1) is 0 Å². The van der Waals surface area contributed by atoms with Crippen LogP contribution in [0.5, 0.6) is 0 Å². The molecule has 2 heteroatoms. The lowest BCUT2D eigenvalue weighted by atomic mass is 9.87. The van der Waals surface area contributed by atoms with Gasteiger partial charge in [-0.15, -0.1) is 0 Å². The minimum Gasteiger partial charge on any atom is -0.366 e. The standard InChI is InChI=1S/C15H24N2/c1-4-12-5-7-14(8-6-12)17-10-9-13(16)11-15(17,2)3/h5-8,13H,4,9-11,16H2,1-3H3. The molecule has 1 atom stereocenters. The van der Waals surface area contributed by atoms with Gasteiger partial charge in [0.2, 0.25) is 0 Å². The van der Waals surface area contributed by atoms with Gasteiger partial charge in [0, 0.05) is 23.8 Å². The van der Waals surface area contributed by atoms with E-state index in [0.29, 0.717) is 6.04 Å². The van der Waals surface area contributed by atoms with Crippen LogP contribution in [0.25, 0.3) is 0 Å². The molecule has 0 radical (unpaired) electrons. The van der Waals surface area contributed by atoms with E-state index < -0.39 is 0 Å². The summed E-state index contributed by atoms with van der Waals surface area (Å²) in [7, 11) is 0. The Morgan fingerprint density at radius 3 is 2.47 bits per heavy atom. The molecule has 1 aliphatic rings. The van der Waals surface area contributed by atoms with Crippen LogP contribution in [0, 0.1) is 0 Å². The van der Waals surface area contributed by atoms with Gasteiger partial charge in [-0.1, -0.05) is 19.1 Å². The second kappa shape index (κ2) is 4.69. The highest BCUT2D eigenvalue weighted by molar-refractivity contribution is 5.50. The SMILES string of the molecule is CCc1ccc(N2CCC(N)CC2(C)C)cc1. The van der Waals surface area contributed by atoms with Crippen molar-refractivity contribution in [1.82, 2.24) is 0 Å². The fourth-order valence-corrected chi connectivity index (χ4v) is 2.84. The van der Waals surface area contributed by atoms with Crippen LogP contribution in [0.2, 0.25) is 0 Å². The number of aryl methyl sites for hydroxylation is 1. The molecule has 1 aromatic carbocycles. The molecule has 0 saturated carbocycles. The molecule has 0 aliphatic carbocycles. The number of nitrogens with zero attached hydrogens (tertiary/aromatic N) is 1. The highest BCUT2D eigenvalue weighted by atomic mass is 15.2. The molecule has 1 heterocycles. The van der Waals surface area contributed by atoms with Crippen LogP contribution >= 0.6 is 0 Å². The largest absolute Gasteiger partial charge is 0.366 e. The molecule has 17 heavy (non-hydrogen) atoms. The normalized spacial score (nSPS) is 23.8. The summed E-state index contributed by atoms with van der Waals surface area (Å²) in [6.07, 6.45) is 3.27. The maximum absolute atomic E-state index is 6.07. The molecule has 0 aromatic heterocycles. The molecule has 94 valence electrons. The second-order valence-electron chi connectivity index (χ2n) is 5.74. The Bertz CT molecular complexity index is 367. The van der Waals surface area contributed by atoms with Gasteiger partial charge < -0.3 is 10.6 Å². The molecule has 1 saturated heterocycles. The van der Waals surface area contributed by atoms with Crippen LogP contribution in [-0.2, 0) is 6.42 Å². The van der Waals surface area contributed by atoms with Crippen molar-refractivity contribution in [3.05, 3.63) is 29.8 Å². The Balaban J connectivity index is 2.20. The smallest absolute Gasteiger partial charge is 0.0370 e. The first kappa shape index (κ1) is 12.4. The highest BCUT2D eigenvalue weighted by Gasteiger charge is 2.33. The molecule has 1 aromatic rings. The maximum Gasteiger partial charge on any atom is 0.0370 e. The minimum absolute atomic E-state index is 0.172. The van der Waals surface area contributed by atoms with Crippen LogP contribution in [-0.4, -0.2) is 18.1 Å². The first-order chi connectivity index (χ1) is 8.03. The fraction of sp³-hybridized carbons (Fsp3) is 0.600. The average molecular weight is 232 g/mol. The summed E-state index contributed by atoms with van der Waals surface area (Å²) in [4.78, 5) is 2.50. The average Bonchev–Trinajstić information content (AvgIpc) is 2.28. The quantitative estimate of drug-likeness (QED) is 0.849. The molecule has 2 rings (SSSR count). The molecular formula is C15H24N2. The van der Waals surface area contributed by atoms with Crippen molar-refractivity contribution in [3.63, 3.8) is 0 Å². The first-order valence-electron chi connectivity index (χ1n) is 6.65. The lowest BCUT2D eigenvalue weighted by Gasteiger charge is -2.46. The third-order valence-electron chi connectivity index (χ3n) is 3.87. The number of piperidine rings is 1. The summed E-state index contributed by atoms with van der Waals surface area (Å²) in [6, 6.07) is 9.32. The monoisotopic (exact) mass is 232 g/mol. The Morgan fingerprint density at radius 2 is 1.94 bits per heavy atom. The Morgan fingerprint density at radius 1 is 1.29 bits per heavy atom. The number of anilines is 1. The van der Waals surface area contributed by atoms with E-state index in [9.17, 15) is 0 Å². The van der Waals surface area contributed by atoms with E-state index in [-0.39, 0.29) is 5.54 Å². The zero-order valence-electron chi connectivity index (χ0n) is 11.2. The van der Waals surface area contributed by atoms with Crippen molar-refractivity contribution in [1.29, 1.82) is 0 Å². The van der Waals surface area contributed by atoms with Gasteiger partial charge in [-0.05, 0) is 50.8 Å². The van der Waals surface area contributed by atoms with Gasteiger partial charge in [-0.3, -0.25) is 0 Å². The van der Waals surface area contributed by atoms with Crippen LogP contribution in [0.1, 0.15) is 39.2 Å².